The molecular formula is C14H12F3NO2. The van der Waals surface area contributed by atoms with Crippen LogP contribution in [0.4, 0.5) is 13.2 Å². The van der Waals surface area contributed by atoms with Gasteiger partial charge in [-0.25, -0.2) is 0 Å². The third-order valence-electron chi connectivity index (χ3n) is 2.76. The molecule has 0 aromatic heterocycles. The molecule has 0 aliphatic heterocycles. The van der Waals surface area contributed by atoms with Gasteiger partial charge in [-0.15, -0.1) is 0 Å². The largest absolute Gasteiger partial charge is 0.496 e. The van der Waals surface area contributed by atoms with Gasteiger partial charge in [-0.3, -0.25) is 4.79 Å². The van der Waals surface area contributed by atoms with Gasteiger partial charge in [-0.05, 0) is 22.9 Å². The second-order valence-corrected chi connectivity index (χ2v) is 4.20. The Hall–Kier alpha value is -2.24. The van der Waals surface area contributed by atoms with Crippen molar-refractivity contribution in [3.05, 3.63) is 42.0 Å². The minimum absolute atomic E-state index is 0.0791. The predicted octanol–water partition coefficient (Wildman–Crippen LogP) is 3.14. The number of alkyl halides is 3. The summed E-state index contributed by atoms with van der Waals surface area (Å²) in [7, 11) is 1.37. The summed E-state index contributed by atoms with van der Waals surface area (Å²) in [6.45, 7) is -1.37. The summed E-state index contributed by atoms with van der Waals surface area (Å²) in [5.41, 5.74) is 0.0791. The highest BCUT2D eigenvalue weighted by atomic mass is 19.4. The van der Waals surface area contributed by atoms with Gasteiger partial charge in [0.15, 0.2) is 0 Å². The van der Waals surface area contributed by atoms with E-state index in [1.807, 2.05) is 17.4 Å². The van der Waals surface area contributed by atoms with Crippen molar-refractivity contribution in [2.45, 2.75) is 6.18 Å². The average molecular weight is 283 g/mol. The van der Waals surface area contributed by atoms with E-state index in [2.05, 4.69) is 0 Å². The lowest BCUT2D eigenvalue weighted by atomic mass is 10.1. The molecular weight excluding hydrogens is 271 g/mol. The van der Waals surface area contributed by atoms with E-state index in [0.29, 0.717) is 0 Å². The van der Waals surface area contributed by atoms with Crippen molar-refractivity contribution in [1.82, 2.24) is 5.32 Å². The molecule has 0 unspecified atom stereocenters. The van der Waals surface area contributed by atoms with Crippen LogP contribution in [-0.4, -0.2) is 25.7 Å². The SMILES string of the molecule is COc1cc2ccccc2cc1C(=O)NCC(F)(F)F. The molecule has 6 heteroatoms. The number of fused-ring (bicyclic) bond motifs is 1. The van der Waals surface area contributed by atoms with Crippen LogP contribution in [-0.2, 0) is 0 Å². The van der Waals surface area contributed by atoms with Gasteiger partial charge in [-0.2, -0.15) is 13.2 Å². The van der Waals surface area contributed by atoms with Gasteiger partial charge in [-0.1, -0.05) is 24.3 Å². The van der Waals surface area contributed by atoms with Gasteiger partial charge >= 0.3 is 6.18 Å². The lowest BCUT2D eigenvalue weighted by Gasteiger charge is -2.12. The van der Waals surface area contributed by atoms with Crippen molar-refractivity contribution in [3.63, 3.8) is 0 Å². The summed E-state index contributed by atoms with van der Waals surface area (Å²) >= 11 is 0. The molecule has 1 N–H and O–H groups in total. The maximum absolute atomic E-state index is 12.1. The average Bonchev–Trinajstić information content (AvgIpc) is 2.42. The first-order chi connectivity index (χ1) is 9.40. The zero-order chi connectivity index (χ0) is 14.8. The number of benzene rings is 2. The summed E-state index contributed by atoms with van der Waals surface area (Å²) < 4.78 is 41.4. The fourth-order valence-electron chi connectivity index (χ4n) is 1.84. The highest BCUT2D eigenvalue weighted by Crippen LogP contribution is 2.26. The summed E-state index contributed by atoms with van der Waals surface area (Å²) in [6.07, 6.45) is -4.44. The van der Waals surface area contributed by atoms with Crippen LogP contribution in [0.3, 0.4) is 0 Å². The van der Waals surface area contributed by atoms with Gasteiger partial charge in [0, 0.05) is 0 Å². The van der Waals surface area contributed by atoms with Crippen LogP contribution in [0.15, 0.2) is 36.4 Å². The first-order valence-corrected chi connectivity index (χ1v) is 5.82. The fourth-order valence-corrected chi connectivity index (χ4v) is 1.84. The van der Waals surface area contributed by atoms with Gasteiger partial charge in [0.1, 0.15) is 12.3 Å². The Morgan fingerprint density at radius 2 is 1.80 bits per heavy atom. The Morgan fingerprint density at radius 3 is 2.35 bits per heavy atom. The molecule has 0 saturated carbocycles. The number of amides is 1. The smallest absolute Gasteiger partial charge is 0.405 e. The number of carbonyl (C=O) groups excluding carboxylic acids is 1. The second-order valence-electron chi connectivity index (χ2n) is 4.20. The van der Waals surface area contributed by atoms with Crippen LogP contribution in [0.25, 0.3) is 10.8 Å². The molecule has 0 saturated heterocycles. The van der Waals surface area contributed by atoms with Crippen molar-refractivity contribution in [2.24, 2.45) is 0 Å². The molecule has 20 heavy (non-hydrogen) atoms. The summed E-state index contributed by atoms with van der Waals surface area (Å²) in [5, 5.41) is 3.43. The normalized spacial score (nSPS) is 11.4. The van der Waals surface area contributed by atoms with Gasteiger partial charge < -0.3 is 10.1 Å². The summed E-state index contributed by atoms with van der Waals surface area (Å²) in [4.78, 5) is 11.8. The van der Waals surface area contributed by atoms with Crippen LogP contribution >= 0.6 is 0 Å². The number of ether oxygens (including phenoxy) is 1. The van der Waals surface area contributed by atoms with Crippen LogP contribution in [0.1, 0.15) is 10.4 Å². The van der Waals surface area contributed by atoms with E-state index in [1.54, 1.807) is 18.2 Å². The zero-order valence-electron chi connectivity index (χ0n) is 10.6. The van der Waals surface area contributed by atoms with Crippen LogP contribution < -0.4 is 10.1 Å². The van der Waals surface area contributed by atoms with Crippen LogP contribution in [0.2, 0.25) is 0 Å². The molecule has 0 radical (unpaired) electrons. The topological polar surface area (TPSA) is 38.3 Å². The molecule has 3 nitrogen and oxygen atoms in total. The molecule has 2 aromatic rings. The molecule has 0 bridgehead atoms. The highest BCUT2D eigenvalue weighted by Gasteiger charge is 2.28. The summed E-state index contributed by atoms with van der Waals surface area (Å²) in [6, 6.07) is 10.3. The van der Waals surface area contributed by atoms with Gasteiger partial charge in [0.25, 0.3) is 5.91 Å². The van der Waals surface area contributed by atoms with E-state index in [4.69, 9.17) is 4.74 Å². The van der Waals surface area contributed by atoms with Crippen LogP contribution in [0, 0.1) is 0 Å². The highest BCUT2D eigenvalue weighted by molar-refractivity contribution is 6.01. The molecule has 0 aliphatic carbocycles. The third-order valence-corrected chi connectivity index (χ3v) is 2.76. The molecule has 0 aliphatic rings. The van der Waals surface area contributed by atoms with E-state index >= 15 is 0 Å². The number of halogens is 3. The molecule has 1 amide bonds. The predicted molar refractivity (Wildman–Crippen MR) is 68.9 cm³/mol. The Bertz CT molecular complexity index is 638. The first-order valence-electron chi connectivity index (χ1n) is 5.82. The minimum Gasteiger partial charge on any atom is -0.496 e. The van der Waals surface area contributed by atoms with Gasteiger partial charge in [0.05, 0.1) is 12.7 Å². The van der Waals surface area contributed by atoms with Gasteiger partial charge in [0.2, 0.25) is 0 Å². The van der Waals surface area contributed by atoms with E-state index in [1.165, 1.54) is 13.2 Å². The molecule has 0 spiro atoms. The molecule has 0 heterocycles. The molecule has 0 fully saturated rings. The van der Waals surface area contributed by atoms with Crippen molar-refractivity contribution in [1.29, 1.82) is 0 Å². The molecule has 2 rings (SSSR count). The van der Waals surface area contributed by atoms with E-state index < -0.39 is 18.6 Å². The Kier molecular flexibility index (Phi) is 3.83. The van der Waals surface area contributed by atoms with Crippen molar-refractivity contribution < 1.29 is 22.7 Å². The maximum Gasteiger partial charge on any atom is 0.405 e. The Labute approximate surface area is 113 Å². The molecule has 0 atom stereocenters. The third kappa shape index (κ3) is 3.20. The van der Waals surface area contributed by atoms with E-state index in [-0.39, 0.29) is 11.3 Å². The standard InChI is InChI=1S/C14H12F3NO2/c1-20-12-7-10-5-3-2-4-9(10)6-11(12)13(19)18-8-14(15,16)17/h2-7H,8H2,1H3,(H,18,19). The van der Waals surface area contributed by atoms with Crippen molar-refractivity contribution in [2.75, 3.05) is 13.7 Å². The fraction of sp³-hybridized carbons (Fsp3) is 0.214. The zero-order valence-corrected chi connectivity index (χ0v) is 10.6. The molecule has 2 aromatic carbocycles. The number of methoxy groups -OCH3 is 1. The van der Waals surface area contributed by atoms with E-state index in [0.717, 1.165) is 10.8 Å². The van der Waals surface area contributed by atoms with Crippen LogP contribution in [0.5, 0.6) is 5.75 Å². The lowest BCUT2D eigenvalue weighted by molar-refractivity contribution is -0.123. The minimum atomic E-state index is -4.44. The first kappa shape index (κ1) is 14.2. The number of hydrogen-bond acceptors (Lipinski definition) is 2. The number of rotatable bonds is 3. The number of carbonyl (C=O) groups is 1. The second kappa shape index (κ2) is 5.40. The van der Waals surface area contributed by atoms with Crippen molar-refractivity contribution in [3.8, 4) is 5.75 Å². The molecule has 106 valence electrons. The van der Waals surface area contributed by atoms with E-state index in [9.17, 15) is 18.0 Å². The Balaban J connectivity index is 2.34. The number of nitrogens with one attached hydrogen (secondary N) is 1. The lowest BCUT2D eigenvalue weighted by Crippen LogP contribution is -2.33. The monoisotopic (exact) mass is 283 g/mol. The maximum atomic E-state index is 12.1. The van der Waals surface area contributed by atoms with Crippen molar-refractivity contribution >= 4 is 16.7 Å². The Morgan fingerprint density at radius 1 is 1.20 bits per heavy atom. The summed E-state index contributed by atoms with van der Waals surface area (Å²) in [5.74, 6) is -0.576. The number of hydrogen-bond donors (Lipinski definition) is 1. The quantitative estimate of drug-likeness (QED) is 0.939.